The largest absolute Gasteiger partial charge is 0.368 e. The zero-order valence-corrected chi connectivity index (χ0v) is 14.8. The molecule has 1 aliphatic heterocycles. The van der Waals surface area contributed by atoms with Crippen LogP contribution in [0.15, 0.2) is 47.5 Å². The van der Waals surface area contributed by atoms with Gasteiger partial charge in [0.15, 0.2) is 0 Å². The van der Waals surface area contributed by atoms with Crippen LogP contribution < -0.4 is 9.62 Å². The minimum absolute atomic E-state index is 0.234. The van der Waals surface area contributed by atoms with Crippen LogP contribution >= 0.6 is 0 Å². The lowest BCUT2D eigenvalue weighted by molar-refractivity contribution is 0.313. The number of likely N-dealkylation sites (N-methyl/N-ethyl adjacent to an activating group) is 1. The van der Waals surface area contributed by atoms with Gasteiger partial charge in [-0.05, 0) is 38.2 Å². The predicted octanol–water partition coefficient (Wildman–Crippen LogP) is 1.94. The Kier molecular flexibility index (Phi) is 4.73. The molecule has 24 heavy (non-hydrogen) atoms. The molecule has 0 radical (unpaired) electrons. The molecule has 6 nitrogen and oxygen atoms in total. The molecule has 2 aromatic rings. The Morgan fingerprint density at radius 2 is 1.67 bits per heavy atom. The van der Waals surface area contributed by atoms with Gasteiger partial charge < -0.3 is 9.80 Å². The van der Waals surface area contributed by atoms with Crippen LogP contribution in [0.2, 0.25) is 0 Å². The van der Waals surface area contributed by atoms with Gasteiger partial charge in [-0.15, -0.1) is 0 Å². The number of anilines is 2. The second kappa shape index (κ2) is 6.78. The van der Waals surface area contributed by atoms with Crippen LogP contribution in [0, 0.1) is 6.92 Å². The Morgan fingerprint density at radius 3 is 2.25 bits per heavy atom. The van der Waals surface area contributed by atoms with E-state index in [0.29, 0.717) is 5.82 Å². The molecular weight excluding hydrogens is 324 g/mol. The fourth-order valence-corrected chi connectivity index (χ4v) is 3.62. The van der Waals surface area contributed by atoms with Crippen LogP contribution in [-0.4, -0.2) is 51.5 Å². The van der Waals surface area contributed by atoms with E-state index in [9.17, 15) is 8.42 Å². The smallest absolute Gasteiger partial charge is 0.263 e. The summed E-state index contributed by atoms with van der Waals surface area (Å²) in [5.41, 5.74) is 2.03. The maximum atomic E-state index is 12.4. The second-order valence-electron chi connectivity index (χ2n) is 6.11. The highest BCUT2D eigenvalue weighted by molar-refractivity contribution is 7.92. The lowest BCUT2D eigenvalue weighted by Gasteiger charge is -2.33. The number of sulfonamides is 1. The molecule has 0 unspecified atom stereocenters. The summed E-state index contributed by atoms with van der Waals surface area (Å²) in [6, 6.07) is 10.4. The predicted molar refractivity (Wildman–Crippen MR) is 95.9 cm³/mol. The number of nitrogens with one attached hydrogen (secondary N) is 1. The van der Waals surface area contributed by atoms with Crippen molar-refractivity contribution < 1.29 is 8.42 Å². The first-order valence-electron chi connectivity index (χ1n) is 7.93. The molecule has 1 aromatic carbocycles. The fourth-order valence-electron chi connectivity index (χ4n) is 2.61. The highest BCUT2D eigenvalue weighted by Gasteiger charge is 2.16. The van der Waals surface area contributed by atoms with Crippen molar-refractivity contribution in [3.8, 4) is 0 Å². The highest BCUT2D eigenvalue weighted by atomic mass is 32.2. The first-order chi connectivity index (χ1) is 11.4. The molecule has 1 aromatic heterocycles. The molecule has 1 aliphatic rings. The van der Waals surface area contributed by atoms with E-state index >= 15 is 0 Å². The van der Waals surface area contributed by atoms with Crippen molar-refractivity contribution in [2.24, 2.45) is 0 Å². The summed E-state index contributed by atoms with van der Waals surface area (Å²) < 4.78 is 27.3. The highest BCUT2D eigenvalue weighted by Crippen LogP contribution is 2.19. The normalized spacial score (nSPS) is 16.2. The Labute approximate surface area is 143 Å². The minimum atomic E-state index is -3.61. The van der Waals surface area contributed by atoms with E-state index in [2.05, 4.69) is 26.6 Å². The van der Waals surface area contributed by atoms with Gasteiger partial charge in [0.25, 0.3) is 10.0 Å². The number of pyridine rings is 1. The molecule has 0 bridgehead atoms. The van der Waals surface area contributed by atoms with Gasteiger partial charge in [0.05, 0.1) is 16.8 Å². The number of aryl methyl sites for hydroxylation is 1. The van der Waals surface area contributed by atoms with Crippen LogP contribution in [0.1, 0.15) is 5.56 Å². The van der Waals surface area contributed by atoms with E-state index in [-0.39, 0.29) is 4.90 Å². The SMILES string of the molecule is Cc1ccc(S(=O)(=O)Nc2ccc(N3CCN(C)CC3)cn2)cc1. The van der Waals surface area contributed by atoms with Gasteiger partial charge in [-0.3, -0.25) is 4.72 Å². The summed E-state index contributed by atoms with van der Waals surface area (Å²) in [5.74, 6) is 0.327. The number of hydrogen-bond donors (Lipinski definition) is 1. The van der Waals surface area contributed by atoms with Gasteiger partial charge in [0, 0.05) is 26.2 Å². The topological polar surface area (TPSA) is 65.5 Å². The minimum Gasteiger partial charge on any atom is -0.368 e. The van der Waals surface area contributed by atoms with Crippen LogP contribution in [-0.2, 0) is 10.0 Å². The van der Waals surface area contributed by atoms with E-state index in [1.807, 2.05) is 13.0 Å². The number of hydrogen-bond acceptors (Lipinski definition) is 5. The lowest BCUT2D eigenvalue weighted by Crippen LogP contribution is -2.44. The number of aromatic nitrogens is 1. The molecule has 2 heterocycles. The monoisotopic (exact) mass is 346 g/mol. The van der Waals surface area contributed by atoms with Crippen LogP contribution in [0.4, 0.5) is 11.5 Å². The van der Waals surface area contributed by atoms with Gasteiger partial charge in [0.2, 0.25) is 0 Å². The first-order valence-corrected chi connectivity index (χ1v) is 9.41. The second-order valence-corrected chi connectivity index (χ2v) is 7.79. The lowest BCUT2D eigenvalue weighted by atomic mass is 10.2. The average molecular weight is 346 g/mol. The number of piperazine rings is 1. The van der Waals surface area contributed by atoms with Crippen molar-refractivity contribution >= 4 is 21.5 Å². The molecule has 0 saturated carbocycles. The first kappa shape index (κ1) is 16.7. The van der Waals surface area contributed by atoms with Crippen molar-refractivity contribution in [3.63, 3.8) is 0 Å². The van der Waals surface area contributed by atoms with E-state index in [1.54, 1.807) is 36.5 Å². The van der Waals surface area contributed by atoms with Gasteiger partial charge in [0.1, 0.15) is 5.82 Å². The van der Waals surface area contributed by atoms with Crippen molar-refractivity contribution in [1.29, 1.82) is 0 Å². The third-order valence-corrected chi connectivity index (χ3v) is 5.56. The summed E-state index contributed by atoms with van der Waals surface area (Å²) >= 11 is 0. The van der Waals surface area contributed by atoms with Crippen molar-refractivity contribution in [1.82, 2.24) is 9.88 Å². The van der Waals surface area contributed by atoms with Gasteiger partial charge >= 0.3 is 0 Å². The van der Waals surface area contributed by atoms with E-state index in [0.717, 1.165) is 37.4 Å². The Balaban J connectivity index is 1.70. The molecule has 3 rings (SSSR count). The number of rotatable bonds is 4. The summed E-state index contributed by atoms with van der Waals surface area (Å²) in [6.07, 6.45) is 1.72. The molecule has 0 amide bonds. The van der Waals surface area contributed by atoms with Gasteiger partial charge in [-0.2, -0.15) is 0 Å². The van der Waals surface area contributed by atoms with Gasteiger partial charge in [-0.25, -0.2) is 13.4 Å². The standard InChI is InChI=1S/C17H22N4O2S/c1-14-3-6-16(7-4-14)24(22,23)19-17-8-5-15(13-18-17)21-11-9-20(2)10-12-21/h3-8,13H,9-12H2,1-2H3,(H,18,19). The average Bonchev–Trinajstić information content (AvgIpc) is 2.56. The van der Waals surface area contributed by atoms with Crippen LogP contribution in [0.5, 0.6) is 0 Å². The summed E-state index contributed by atoms with van der Waals surface area (Å²) in [6.45, 7) is 5.85. The fraction of sp³-hybridized carbons (Fsp3) is 0.353. The molecule has 1 N–H and O–H groups in total. The number of benzene rings is 1. The zero-order chi connectivity index (χ0) is 17.2. The van der Waals surface area contributed by atoms with E-state index < -0.39 is 10.0 Å². The summed E-state index contributed by atoms with van der Waals surface area (Å²) in [4.78, 5) is 9.03. The maximum Gasteiger partial charge on any atom is 0.263 e. The van der Waals surface area contributed by atoms with E-state index in [4.69, 9.17) is 0 Å². The molecule has 1 saturated heterocycles. The zero-order valence-electron chi connectivity index (χ0n) is 13.9. The maximum absolute atomic E-state index is 12.4. The van der Waals surface area contributed by atoms with Gasteiger partial charge in [-0.1, -0.05) is 17.7 Å². The quantitative estimate of drug-likeness (QED) is 0.916. The number of nitrogens with zero attached hydrogens (tertiary/aromatic N) is 3. The molecule has 0 atom stereocenters. The van der Waals surface area contributed by atoms with Crippen LogP contribution in [0.3, 0.4) is 0 Å². The van der Waals surface area contributed by atoms with E-state index in [1.165, 1.54) is 0 Å². The summed E-state index contributed by atoms with van der Waals surface area (Å²) in [5, 5.41) is 0. The van der Waals surface area contributed by atoms with Crippen molar-refractivity contribution in [3.05, 3.63) is 48.2 Å². The molecule has 128 valence electrons. The third-order valence-electron chi connectivity index (χ3n) is 4.19. The van der Waals surface area contributed by atoms with Crippen molar-refractivity contribution in [2.45, 2.75) is 11.8 Å². The molecule has 7 heteroatoms. The molecular formula is C17H22N4O2S. The Bertz CT molecular complexity index is 780. The van der Waals surface area contributed by atoms with Crippen LogP contribution in [0.25, 0.3) is 0 Å². The molecule has 1 fully saturated rings. The molecule has 0 aliphatic carbocycles. The molecule has 0 spiro atoms. The Hall–Kier alpha value is -2.12. The third kappa shape index (κ3) is 3.85. The van der Waals surface area contributed by atoms with Crippen molar-refractivity contribution in [2.75, 3.05) is 42.8 Å². The Morgan fingerprint density at radius 1 is 1.00 bits per heavy atom. The summed E-state index contributed by atoms with van der Waals surface area (Å²) in [7, 11) is -1.50.